The van der Waals surface area contributed by atoms with E-state index in [1.807, 2.05) is 13.8 Å². The van der Waals surface area contributed by atoms with Crippen molar-refractivity contribution in [2.45, 2.75) is 139 Å². The first-order chi connectivity index (χ1) is 22.7. The molecule has 48 heavy (non-hydrogen) atoms. The van der Waals surface area contributed by atoms with Crippen LogP contribution in [0.4, 0.5) is 0 Å². The Morgan fingerprint density at radius 2 is 1.56 bits per heavy atom. The Morgan fingerprint density at radius 1 is 0.896 bits per heavy atom. The largest absolute Gasteiger partial charge is 0.468 e. The maximum Gasteiger partial charge on any atom is 0.319 e. The lowest BCUT2D eigenvalue weighted by atomic mass is 9.45. The van der Waals surface area contributed by atoms with Crippen LogP contribution in [0.5, 0.6) is 0 Å². The van der Waals surface area contributed by atoms with E-state index < -0.39 is 0 Å². The minimum atomic E-state index is -0.380. The first kappa shape index (κ1) is 40.1. The molecule has 1 heterocycles. The molecule has 0 saturated heterocycles. The number of benzene rings is 1. The molecule has 6 rings (SSSR count). The second kappa shape index (κ2) is 18.1. The van der Waals surface area contributed by atoms with E-state index in [-0.39, 0.29) is 24.6 Å². The number of hydrogen-bond donors (Lipinski definition) is 1. The number of fused-ring (bicyclic) bond motifs is 6. The summed E-state index contributed by atoms with van der Waals surface area (Å²) in [6, 6.07) is 8.45. The quantitative estimate of drug-likeness (QED) is 0.321. The molecule has 1 aromatic heterocycles. The number of methoxy groups -OCH3 is 1. The fourth-order valence-electron chi connectivity index (χ4n) is 10.1. The number of carbonyl (C=O) groups excluding carboxylic acids is 2. The number of hydrogen-bond acceptors (Lipinski definition) is 5. The summed E-state index contributed by atoms with van der Waals surface area (Å²) >= 11 is 0. The molecular formula is C42H70N2O4. The number of rotatable bonds is 5. The highest BCUT2D eigenvalue weighted by atomic mass is 16.5. The van der Waals surface area contributed by atoms with Gasteiger partial charge in [-0.3, -0.25) is 9.59 Å². The maximum absolute atomic E-state index is 12.1. The van der Waals surface area contributed by atoms with Gasteiger partial charge in [-0.2, -0.15) is 0 Å². The number of aromatic nitrogens is 1. The van der Waals surface area contributed by atoms with Gasteiger partial charge >= 0.3 is 11.9 Å². The van der Waals surface area contributed by atoms with Crippen LogP contribution < -0.4 is 5.73 Å². The SMILES string of the molecule is CC(C)C.CC(C)OC(=O)CCC1CCC2C3CCC4CCCCC4(C)C3CCC12C.COC(=O)CN.Cc1cn(C)c2ccccc12. The lowest BCUT2D eigenvalue weighted by Gasteiger charge is -2.60. The van der Waals surface area contributed by atoms with Crippen LogP contribution >= 0.6 is 0 Å². The Balaban J connectivity index is 0.000000243. The van der Waals surface area contributed by atoms with Gasteiger partial charge in [-0.05, 0) is 137 Å². The van der Waals surface area contributed by atoms with Gasteiger partial charge in [-0.25, -0.2) is 0 Å². The van der Waals surface area contributed by atoms with E-state index in [2.05, 4.69) is 88.4 Å². The zero-order valence-electron chi connectivity index (χ0n) is 32.3. The summed E-state index contributed by atoms with van der Waals surface area (Å²) in [4.78, 5) is 21.9. The van der Waals surface area contributed by atoms with E-state index >= 15 is 0 Å². The average Bonchev–Trinajstić information content (AvgIpc) is 3.54. The minimum Gasteiger partial charge on any atom is -0.468 e. The number of nitrogens with zero attached hydrogens (tertiary/aromatic N) is 1. The number of nitrogens with two attached hydrogens (primary N) is 1. The molecule has 4 fully saturated rings. The third-order valence-corrected chi connectivity index (χ3v) is 12.3. The molecule has 4 aliphatic rings. The second-order valence-corrected chi connectivity index (χ2v) is 16.8. The fraction of sp³-hybridized carbons (Fsp3) is 0.762. The summed E-state index contributed by atoms with van der Waals surface area (Å²) < 4.78 is 11.7. The standard InChI is InChI=1S/C25H42O2.C10H11N.C4H10.C3H7NO2/c1-17(2)27-23(26)13-10-19-9-12-21-20-11-8-18-7-5-6-15-24(18,3)22(20)14-16-25(19,21)4;1-8-7-11(2)10-6-4-3-5-9(8)10;1-4(2)3;1-6-3(5)2-4/h17-22H,5-16H2,1-4H3;3-7H,1-2H3;4H,1-3H3;2,4H2,1H3. The molecule has 272 valence electrons. The Labute approximate surface area is 293 Å². The zero-order valence-corrected chi connectivity index (χ0v) is 32.3. The molecule has 0 aliphatic heterocycles. The molecule has 2 N–H and O–H groups in total. The van der Waals surface area contributed by atoms with Crippen LogP contribution in [0.25, 0.3) is 10.9 Å². The van der Waals surface area contributed by atoms with Crippen molar-refractivity contribution in [2.75, 3.05) is 13.7 Å². The summed E-state index contributed by atoms with van der Waals surface area (Å²) in [5, 5.41) is 1.36. The third-order valence-electron chi connectivity index (χ3n) is 12.3. The Bertz CT molecular complexity index is 1260. The topological polar surface area (TPSA) is 83.6 Å². The molecule has 0 bridgehead atoms. The predicted octanol–water partition coefficient (Wildman–Crippen LogP) is 10.0. The fourth-order valence-corrected chi connectivity index (χ4v) is 10.1. The highest BCUT2D eigenvalue weighted by molar-refractivity contribution is 5.83. The third kappa shape index (κ3) is 9.88. The van der Waals surface area contributed by atoms with E-state index in [1.165, 1.54) is 87.8 Å². The van der Waals surface area contributed by atoms with Crippen LogP contribution in [-0.2, 0) is 26.1 Å². The highest BCUT2D eigenvalue weighted by Crippen LogP contribution is 2.67. The lowest BCUT2D eigenvalue weighted by molar-refractivity contribution is -0.148. The van der Waals surface area contributed by atoms with Gasteiger partial charge in [0.1, 0.15) is 0 Å². The van der Waals surface area contributed by atoms with E-state index in [1.54, 1.807) is 0 Å². The molecule has 0 amide bonds. The lowest BCUT2D eigenvalue weighted by Crippen LogP contribution is -2.52. The number of para-hydroxylation sites is 1. The van der Waals surface area contributed by atoms with Gasteiger partial charge < -0.3 is 19.8 Å². The monoisotopic (exact) mass is 667 g/mol. The summed E-state index contributed by atoms with van der Waals surface area (Å²) in [5.74, 6) is 5.09. The van der Waals surface area contributed by atoms with Crippen LogP contribution in [-0.4, -0.2) is 36.3 Å². The number of ether oxygens (including phenoxy) is 2. The molecule has 1 aromatic carbocycles. The Kier molecular flexibility index (Phi) is 15.1. The minimum absolute atomic E-state index is 0.0148. The molecule has 6 nitrogen and oxygen atoms in total. The van der Waals surface area contributed by atoms with Crippen LogP contribution in [0.3, 0.4) is 0 Å². The molecule has 7 unspecified atom stereocenters. The van der Waals surface area contributed by atoms with Gasteiger partial charge in [-0.15, -0.1) is 0 Å². The van der Waals surface area contributed by atoms with Crippen molar-refractivity contribution in [3.05, 3.63) is 36.0 Å². The Morgan fingerprint density at radius 3 is 2.17 bits per heavy atom. The molecule has 4 saturated carbocycles. The van der Waals surface area contributed by atoms with Gasteiger partial charge in [0, 0.05) is 30.6 Å². The van der Waals surface area contributed by atoms with Crippen molar-refractivity contribution in [1.29, 1.82) is 0 Å². The molecule has 7 atom stereocenters. The van der Waals surface area contributed by atoms with Crippen LogP contribution in [0.15, 0.2) is 30.5 Å². The number of carbonyl (C=O) groups is 2. The van der Waals surface area contributed by atoms with Crippen molar-refractivity contribution < 1.29 is 19.1 Å². The average molecular weight is 667 g/mol. The van der Waals surface area contributed by atoms with Crippen LogP contribution in [0, 0.1) is 53.3 Å². The first-order valence-electron chi connectivity index (χ1n) is 19.1. The van der Waals surface area contributed by atoms with Crippen molar-refractivity contribution in [3.8, 4) is 0 Å². The van der Waals surface area contributed by atoms with Crippen LogP contribution in [0.2, 0.25) is 0 Å². The normalized spacial score (nSPS) is 30.3. The molecule has 0 radical (unpaired) electrons. The summed E-state index contributed by atoms with van der Waals surface area (Å²) in [6.07, 6.45) is 18.4. The predicted molar refractivity (Wildman–Crippen MR) is 200 cm³/mol. The first-order valence-corrected chi connectivity index (χ1v) is 19.1. The maximum atomic E-state index is 12.1. The van der Waals surface area contributed by atoms with Gasteiger partial charge in [-0.1, -0.05) is 65.7 Å². The Hall–Kier alpha value is -2.34. The van der Waals surface area contributed by atoms with Gasteiger partial charge in [0.05, 0.1) is 19.8 Å². The second-order valence-electron chi connectivity index (χ2n) is 16.8. The number of esters is 2. The van der Waals surface area contributed by atoms with Gasteiger partial charge in [0.15, 0.2) is 0 Å². The molecule has 2 aromatic rings. The summed E-state index contributed by atoms with van der Waals surface area (Å²) in [6.45, 7) is 17.8. The van der Waals surface area contributed by atoms with E-state index in [9.17, 15) is 9.59 Å². The van der Waals surface area contributed by atoms with E-state index in [0.29, 0.717) is 17.3 Å². The van der Waals surface area contributed by atoms with Gasteiger partial charge in [0.2, 0.25) is 0 Å². The number of aryl methyl sites for hydroxylation is 2. The molecule has 0 spiro atoms. The smallest absolute Gasteiger partial charge is 0.319 e. The molecule has 6 heteroatoms. The van der Waals surface area contributed by atoms with E-state index in [4.69, 9.17) is 10.5 Å². The van der Waals surface area contributed by atoms with E-state index in [0.717, 1.165) is 41.9 Å². The summed E-state index contributed by atoms with van der Waals surface area (Å²) in [7, 11) is 3.38. The van der Waals surface area contributed by atoms with Crippen LogP contribution in [0.1, 0.15) is 131 Å². The van der Waals surface area contributed by atoms with Crippen molar-refractivity contribution >= 4 is 22.8 Å². The highest BCUT2D eigenvalue weighted by Gasteiger charge is 2.59. The van der Waals surface area contributed by atoms with Crippen molar-refractivity contribution in [2.24, 2.45) is 59.1 Å². The van der Waals surface area contributed by atoms with Gasteiger partial charge in [0.25, 0.3) is 0 Å². The zero-order chi connectivity index (χ0) is 35.6. The molecule has 4 aliphatic carbocycles. The van der Waals surface area contributed by atoms with Crippen molar-refractivity contribution in [1.82, 2.24) is 4.57 Å². The van der Waals surface area contributed by atoms with Crippen molar-refractivity contribution in [3.63, 3.8) is 0 Å². The molecular weight excluding hydrogens is 596 g/mol. The summed E-state index contributed by atoms with van der Waals surface area (Å²) in [5.41, 5.74) is 8.59.